The van der Waals surface area contributed by atoms with Crippen LogP contribution in [0.25, 0.3) is 0 Å². The average Bonchev–Trinajstić information content (AvgIpc) is 3.20. The number of aliphatic hydroxyl groups is 3. The van der Waals surface area contributed by atoms with E-state index in [0.717, 1.165) is 32.1 Å². The van der Waals surface area contributed by atoms with Gasteiger partial charge in [-0.15, -0.1) is 0 Å². The van der Waals surface area contributed by atoms with E-state index in [9.17, 15) is 20.1 Å². The van der Waals surface area contributed by atoms with Gasteiger partial charge in [-0.25, -0.2) is 0 Å². The highest BCUT2D eigenvalue weighted by molar-refractivity contribution is 5.76. The van der Waals surface area contributed by atoms with E-state index in [1.807, 2.05) is 6.08 Å². The summed E-state index contributed by atoms with van der Waals surface area (Å²) in [6, 6.07) is -0.758. The molecule has 0 aliphatic heterocycles. The number of carbonyl (C=O) groups excluding carboxylic acids is 1. The predicted molar refractivity (Wildman–Crippen MR) is 250 cm³/mol. The van der Waals surface area contributed by atoms with Gasteiger partial charge in [-0.2, -0.15) is 0 Å². The number of hydrogen-bond acceptors (Lipinski definition) is 4. The molecule has 0 aromatic carbocycles. The van der Waals surface area contributed by atoms with Crippen LogP contribution in [0.1, 0.15) is 277 Å². The van der Waals surface area contributed by atoms with Crippen LogP contribution in [-0.4, -0.2) is 46.1 Å². The van der Waals surface area contributed by atoms with Crippen LogP contribution in [0.15, 0.2) is 24.3 Å². The zero-order valence-electron chi connectivity index (χ0n) is 38.5. The van der Waals surface area contributed by atoms with Gasteiger partial charge in [0.2, 0.25) is 5.91 Å². The number of nitrogens with one attached hydrogen (secondary N) is 1. The van der Waals surface area contributed by atoms with E-state index >= 15 is 0 Å². The minimum Gasteiger partial charge on any atom is -0.394 e. The summed E-state index contributed by atoms with van der Waals surface area (Å²) in [6.45, 7) is 4.23. The number of rotatable bonds is 47. The lowest BCUT2D eigenvalue weighted by molar-refractivity contribution is -0.124. The molecular weight excluding hydrogens is 703 g/mol. The van der Waals surface area contributed by atoms with E-state index < -0.39 is 18.2 Å². The van der Waals surface area contributed by atoms with Gasteiger partial charge < -0.3 is 20.6 Å². The van der Waals surface area contributed by atoms with Crippen molar-refractivity contribution < 1.29 is 20.1 Å². The molecule has 0 bridgehead atoms. The Morgan fingerprint density at radius 2 is 0.754 bits per heavy atom. The highest BCUT2D eigenvalue weighted by Crippen LogP contribution is 2.17. The number of hydrogen-bond donors (Lipinski definition) is 4. The lowest BCUT2D eigenvalue weighted by Crippen LogP contribution is -2.45. The molecule has 0 spiro atoms. The molecule has 0 saturated heterocycles. The van der Waals surface area contributed by atoms with Crippen LogP contribution in [-0.2, 0) is 4.79 Å². The number of unbranched alkanes of at least 4 members (excludes halogenated alkanes) is 36. The first-order chi connectivity index (χ1) is 28.0. The lowest BCUT2D eigenvalue weighted by atomic mass is 10.0. The highest BCUT2D eigenvalue weighted by Gasteiger charge is 2.20. The van der Waals surface area contributed by atoms with Crippen LogP contribution in [0.4, 0.5) is 0 Å². The molecule has 5 heteroatoms. The predicted octanol–water partition coefficient (Wildman–Crippen LogP) is 15.3. The largest absolute Gasteiger partial charge is 0.394 e. The molecule has 4 N–H and O–H groups in total. The Hall–Kier alpha value is -1.17. The molecule has 0 fully saturated rings. The Bertz CT molecular complexity index is 844. The maximum atomic E-state index is 12.5. The maximum Gasteiger partial charge on any atom is 0.222 e. The van der Waals surface area contributed by atoms with Gasteiger partial charge in [0.15, 0.2) is 0 Å². The van der Waals surface area contributed by atoms with E-state index in [4.69, 9.17) is 0 Å². The standard InChI is InChI=1S/C52H101NO4/c1-3-5-7-9-11-13-15-17-19-21-23-24-25-26-27-28-29-31-33-35-37-39-41-43-45-49(55)47-52(57)53-50(48-54)51(56)46-44-42-40-38-36-34-32-30-22-20-18-16-14-12-10-8-6-4-2/h36,38,44,46,49-51,54-56H,3-35,37,39-43,45,47-48H2,1-2H3,(H,53,57)/b38-36+,46-44+. The van der Waals surface area contributed by atoms with E-state index in [1.54, 1.807) is 6.08 Å². The van der Waals surface area contributed by atoms with Gasteiger partial charge in [0.25, 0.3) is 0 Å². The van der Waals surface area contributed by atoms with Crippen molar-refractivity contribution in [2.75, 3.05) is 6.61 Å². The third-order valence-electron chi connectivity index (χ3n) is 12.0. The summed E-state index contributed by atoms with van der Waals surface area (Å²) in [5.41, 5.74) is 0. The molecule has 338 valence electrons. The molecule has 0 aliphatic rings. The van der Waals surface area contributed by atoms with Gasteiger partial charge in [0.05, 0.1) is 31.3 Å². The molecule has 0 aromatic rings. The zero-order valence-corrected chi connectivity index (χ0v) is 38.5. The Morgan fingerprint density at radius 3 is 1.12 bits per heavy atom. The Morgan fingerprint density at radius 1 is 0.439 bits per heavy atom. The Kier molecular flexibility index (Phi) is 46.5. The van der Waals surface area contributed by atoms with Gasteiger partial charge in [-0.3, -0.25) is 4.79 Å². The normalized spacial score (nSPS) is 13.6. The molecule has 57 heavy (non-hydrogen) atoms. The number of aliphatic hydroxyl groups excluding tert-OH is 3. The summed E-state index contributed by atoms with van der Waals surface area (Å²) in [6.07, 6.45) is 59.2. The molecular formula is C52H101NO4. The second-order valence-electron chi connectivity index (χ2n) is 17.8. The van der Waals surface area contributed by atoms with Crippen molar-refractivity contribution in [2.24, 2.45) is 0 Å². The van der Waals surface area contributed by atoms with Crippen molar-refractivity contribution in [1.82, 2.24) is 5.32 Å². The first-order valence-electron chi connectivity index (χ1n) is 25.6. The van der Waals surface area contributed by atoms with Gasteiger partial charge >= 0.3 is 0 Å². The molecule has 3 atom stereocenters. The number of carbonyl (C=O) groups is 1. The first-order valence-corrected chi connectivity index (χ1v) is 25.6. The van der Waals surface area contributed by atoms with E-state index in [-0.39, 0.29) is 18.9 Å². The van der Waals surface area contributed by atoms with Gasteiger partial charge in [0.1, 0.15) is 0 Å². The summed E-state index contributed by atoms with van der Waals surface area (Å²) >= 11 is 0. The van der Waals surface area contributed by atoms with Crippen LogP contribution in [0.5, 0.6) is 0 Å². The molecule has 0 aliphatic carbocycles. The average molecular weight is 804 g/mol. The fourth-order valence-electron chi connectivity index (χ4n) is 8.06. The summed E-state index contributed by atoms with van der Waals surface area (Å²) in [5.74, 6) is -0.320. The molecule has 0 heterocycles. The topological polar surface area (TPSA) is 89.8 Å². The quantitative estimate of drug-likeness (QED) is 0.0364. The van der Waals surface area contributed by atoms with Crippen LogP contribution >= 0.6 is 0 Å². The Balaban J connectivity index is 3.60. The van der Waals surface area contributed by atoms with E-state index in [0.29, 0.717) is 6.42 Å². The summed E-state index contributed by atoms with van der Waals surface area (Å²) in [7, 11) is 0. The van der Waals surface area contributed by atoms with Crippen molar-refractivity contribution in [3.8, 4) is 0 Å². The fraction of sp³-hybridized carbons (Fsp3) is 0.904. The van der Waals surface area contributed by atoms with Gasteiger partial charge in [0, 0.05) is 0 Å². The van der Waals surface area contributed by atoms with Crippen LogP contribution in [0, 0.1) is 0 Å². The van der Waals surface area contributed by atoms with Crippen molar-refractivity contribution >= 4 is 5.91 Å². The Labute approximate surface area is 356 Å². The molecule has 0 aromatic heterocycles. The van der Waals surface area contributed by atoms with Crippen molar-refractivity contribution in [1.29, 1.82) is 0 Å². The third kappa shape index (κ3) is 44.2. The maximum absolute atomic E-state index is 12.5. The molecule has 3 unspecified atom stereocenters. The second-order valence-corrected chi connectivity index (χ2v) is 17.8. The second kappa shape index (κ2) is 47.5. The smallest absolute Gasteiger partial charge is 0.222 e. The fourth-order valence-corrected chi connectivity index (χ4v) is 8.06. The first kappa shape index (κ1) is 55.8. The number of allylic oxidation sites excluding steroid dienone is 3. The van der Waals surface area contributed by atoms with E-state index in [2.05, 4.69) is 31.3 Å². The number of amides is 1. The SMILES string of the molecule is CCCCCCCCCCCCCC/C=C/CC/C=C/C(O)C(CO)NC(=O)CC(O)CCCCCCCCCCCCCCCCCCCCCCCCCC. The zero-order chi connectivity index (χ0) is 41.5. The van der Waals surface area contributed by atoms with E-state index in [1.165, 1.54) is 218 Å². The molecule has 0 radical (unpaired) electrons. The minimum absolute atomic E-state index is 0.0102. The molecule has 0 rings (SSSR count). The lowest BCUT2D eigenvalue weighted by Gasteiger charge is -2.21. The van der Waals surface area contributed by atoms with Crippen LogP contribution < -0.4 is 5.32 Å². The van der Waals surface area contributed by atoms with Gasteiger partial charge in [-0.05, 0) is 32.1 Å². The summed E-state index contributed by atoms with van der Waals surface area (Å²) in [4.78, 5) is 12.5. The van der Waals surface area contributed by atoms with Crippen molar-refractivity contribution in [2.45, 2.75) is 295 Å². The summed E-state index contributed by atoms with van der Waals surface area (Å²) < 4.78 is 0. The summed E-state index contributed by atoms with van der Waals surface area (Å²) in [5, 5.41) is 33.3. The molecule has 1 amide bonds. The van der Waals surface area contributed by atoms with Crippen molar-refractivity contribution in [3.05, 3.63) is 24.3 Å². The minimum atomic E-state index is -0.949. The third-order valence-corrected chi connectivity index (χ3v) is 12.0. The van der Waals surface area contributed by atoms with Crippen LogP contribution in [0.3, 0.4) is 0 Å². The molecule has 5 nitrogen and oxygen atoms in total. The molecule has 0 saturated carbocycles. The highest BCUT2D eigenvalue weighted by atomic mass is 16.3. The monoisotopic (exact) mass is 804 g/mol. The van der Waals surface area contributed by atoms with Gasteiger partial charge in [-0.1, -0.05) is 263 Å². The van der Waals surface area contributed by atoms with Crippen molar-refractivity contribution in [3.63, 3.8) is 0 Å². The van der Waals surface area contributed by atoms with Crippen LogP contribution in [0.2, 0.25) is 0 Å².